The Hall–Kier alpha value is -4.05. The zero-order valence-corrected chi connectivity index (χ0v) is 21.7. The Labute approximate surface area is 226 Å². The molecule has 3 heterocycles. The number of nitro benzene ring substituents is 1. The molecule has 1 saturated heterocycles. The Kier molecular flexibility index (Phi) is 6.86. The van der Waals surface area contributed by atoms with Crippen LogP contribution in [0.5, 0.6) is 0 Å². The quantitative estimate of drug-likeness (QED) is 0.302. The van der Waals surface area contributed by atoms with E-state index in [1.165, 1.54) is 29.8 Å². The number of hydrogen-bond acceptors (Lipinski definition) is 6. The molecule has 2 aromatic heterocycles. The van der Waals surface area contributed by atoms with Crippen LogP contribution in [0.1, 0.15) is 60.9 Å². The van der Waals surface area contributed by atoms with Crippen LogP contribution in [-0.2, 0) is 4.79 Å². The predicted molar refractivity (Wildman–Crippen MR) is 148 cm³/mol. The highest BCUT2D eigenvalue weighted by atomic mass is 16.6. The summed E-state index contributed by atoms with van der Waals surface area (Å²) in [5.74, 6) is 0.715. The van der Waals surface area contributed by atoms with Gasteiger partial charge in [-0.05, 0) is 80.3 Å². The molecule has 0 bridgehead atoms. The summed E-state index contributed by atoms with van der Waals surface area (Å²) in [4.78, 5) is 45.2. The third-order valence-electron chi connectivity index (χ3n) is 8.06. The summed E-state index contributed by atoms with van der Waals surface area (Å²) >= 11 is 0. The average Bonchev–Trinajstić information content (AvgIpc) is 3.71. The first-order valence-electron chi connectivity index (χ1n) is 13.7. The number of carbonyl (C=O) groups excluding carboxylic acids is 2. The molecule has 0 spiro atoms. The molecule has 1 aromatic carbocycles. The highest BCUT2D eigenvalue weighted by Gasteiger charge is 2.30. The highest BCUT2D eigenvalue weighted by Crippen LogP contribution is 2.34. The zero-order chi connectivity index (χ0) is 26.9. The number of hydrogen-bond donors (Lipinski definition) is 3. The number of aromatic amines is 1. The minimum atomic E-state index is -0.459. The van der Waals surface area contributed by atoms with Crippen molar-refractivity contribution in [2.45, 2.75) is 57.0 Å². The summed E-state index contributed by atoms with van der Waals surface area (Å²) in [6.45, 7) is 1.33. The van der Waals surface area contributed by atoms with Crippen LogP contribution < -0.4 is 10.6 Å². The standard InChI is InChI=1S/C29H32N6O4/c36-28(19-1-2-19)33-26-17-25(24-11-14-30-27(24)32-26)18-3-7-21(8-4-18)31-22-12-15-34(16-13-22)29(37)20-5-9-23(10-6-20)35(38)39/h3,5-6,9-11,14,17,19,21-22,31H,1-2,4,7-8,12-13,15-16H2,(H2,30,32,33,36). The number of aromatic nitrogens is 2. The summed E-state index contributed by atoms with van der Waals surface area (Å²) in [6.07, 6.45) is 10.8. The van der Waals surface area contributed by atoms with Gasteiger partial charge in [0.15, 0.2) is 0 Å². The Morgan fingerprint density at radius 2 is 1.79 bits per heavy atom. The second-order valence-corrected chi connectivity index (χ2v) is 10.8. The number of fused-ring (bicyclic) bond motifs is 1. The Balaban J connectivity index is 1.04. The molecule has 3 N–H and O–H groups in total. The maximum atomic E-state index is 12.8. The third-order valence-corrected chi connectivity index (χ3v) is 8.06. The summed E-state index contributed by atoms with van der Waals surface area (Å²) in [6, 6.07) is 10.6. The van der Waals surface area contributed by atoms with Crippen LogP contribution in [0.4, 0.5) is 11.5 Å². The molecular formula is C29H32N6O4. The molecule has 2 fully saturated rings. The summed E-state index contributed by atoms with van der Waals surface area (Å²) < 4.78 is 0. The number of benzene rings is 1. The van der Waals surface area contributed by atoms with Gasteiger partial charge >= 0.3 is 0 Å². The van der Waals surface area contributed by atoms with Gasteiger partial charge in [0.05, 0.1) is 4.92 Å². The van der Waals surface area contributed by atoms with Gasteiger partial charge in [-0.25, -0.2) is 4.98 Å². The van der Waals surface area contributed by atoms with Gasteiger partial charge in [0.1, 0.15) is 11.5 Å². The summed E-state index contributed by atoms with van der Waals surface area (Å²) in [5, 5.41) is 18.7. The summed E-state index contributed by atoms with van der Waals surface area (Å²) in [7, 11) is 0. The van der Waals surface area contributed by atoms with Crippen molar-refractivity contribution in [3.05, 3.63) is 69.9 Å². The van der Waals surface area contributed by atoms with Gasteiger partial charge in [-0.15, -0.1) is 0 Å². The number of non-ortho nitro benzene ring substituents is 1. The number of rotatable bonds is 7. The highest BCUT2D eigenvalue weighted by molar-refractivity contribution is 5.97. The van der Waals surface area contributed by atoms with Crippen LogP contribution >= 0.6 is 0 Å². The first-order valence-corrected chi connectivity index (χ1v) is 13.7. The van der Waals surface area contributed by atoms with E-state index in [0.717, 1.165) is 61.5 Å². The van der Waals surface area contributed by atoms with E-state index in [0.29, 0.717) is 36.6 Å². The van der Waals surface area contributed by atoms with Crippen molar-refractivity contribution in [2.24, 2.45) is 5.92 Å². The van der Waals surface area contributed by atoms with Gasteiger partial charge < -0.3 is 20.5 Å². The Morgan fingerprint density at radius 1 is 1.03 bits per heavy atom. The fourth-order valence-electron chi connectivity index (χ4n) is 5.66. The maximum Gasteiger partial charge on any atom is 0.269 e. The molecule has 1 saturated carbocycles. The van der Waals surface area contributed by atoms with Crippen molar-refractivity contribution >= 4 is 39.9 Å². The monoisotopic (exact) mass is 528 g/mol. The number of nitro groups is 1. The van der Waals surface area contributed by atoms with E-state index < -0.39 is 4.92 Å². The fourth-order valence-corrected chi connectivity index (χ4v) is 5.66. The van der Waals surface area contributed by atoms with Crippen molar-refractivity contribution in [3.8, 4) is 0 Å². The van der Waals surface area contributed by atoms with Crippen molar-refractivity contribution in [2.75, 3.05) is 18.4 Å². The van der Waals surface area contributed by atoms with Crippen LogP contribution in [-0.4, -0.2) is 56.8 Å². The van der Waals surface area contributed by atoms with Gasteiger partial charge in [-0.2, -0.15) is 0 Å². The summed E-state index contributed by atoms with van der Waals surface area (Å²) in [5.41, 5.74) is 3.67. The molecule has 0 radical (unpaired) electrons. The van der Waals surface area contributed by atoms with Gasteiger partial charge in [0.25, 0.3) is 11.6 Å². The second-order valence-electron chi connectivity index (χ2n) is 10.8. The normalized spacial score (nSPS) is 20.1. The largest absolute Gasteiger partial charge is 0.346 e. The third kappa shape index (κ3) is 5.56. The Bertz CT molecular complexity index is 1430. The van der Waals surface area contributed by atoms with Crippen LogP contribution in [0.2, 0.25) is 0 Å². The van der Waals surface area contributed by atoms with Gasteiger partial charge in [-0.1, -0.05) is 6.08 Å². The van der Waals surface area contributed by atoms with Crippen molar-refractivity contribution in [3.63, 3.8) is 0 Å². The van der Waals surface area contributed by atoms with E-state index >= 15 is 0 Å². The van der Waals surface area contributed by atoms with E-state index in [-0.39, 0.29) is 23.4 Å². The van der Waals surface area contributed by atoms with Crippen molar-refractivity contribution in [1.82, 2.24) is 20.2 Å². The van der Waals surface area contributed by atoms with E-state index in [4.69, 9.17) is 0 Å². The zero-order valence-electron chi connectivity index (χ0n) is 21.7. The molecule has 3 aromatic rings. The van der Waals surface area contributed by atoms with Crippen LogP contribution in [0.25, 0.3) is 16.6 Å². The van der Waals surface area contributed by atoms with Gasteiger partial charge in [0.2, 0.25) is 5.91 Å². The molecular weight excluding hydrogens is 496 g/mol. The molecule has 3 aliphatic rings. The second kappa shape index (κ2) is 10.6. The number of amides is 2. The number of carbonyl (C=O) groups is 2. The predicted octanol–water partition coefficient (Wildman–Crippen LogP) is 4.65. The number of likely N-dealkylation sites (tertiary alicyclic amines) is 1. The minimum absolute atomic E-state index is 0.0126. The van der Waals surface area contributed by atoms with Crippen LogP contribution in [0.3, 0.4) is 0 Å². The molecule has 39 heavy (non-hydrogen) atoms. The molecule has 10 nitrogen and oxygen atoms in total. The fraction of sp³-hybridized carbons (Fsp3) is 0.414. The number of allylic oxidation sites excluding steroid dienone is 1. The number of anilines is 1. The van der Waals surface area contributed by atoms with E-state index in [1.807, 2.05) is 23.2 Å². The van der Waals surface area contributed by atoms with Crippen molar-refractivity contribution in [1.29, 1.82) is 0 Å². The van der Waals surface area contributed by atoms with E-state index in [1.54, 1.807) is 0 Å². The molecule has 202 valence electrons. The number of H-pyrrole nitrogens is 1. The number of nitrogens with zero attached hydrogens (tertiary/aromatic N) is 3. The smallest absolute Gasteiger partial charge is 0.269 e. The Morgan fingerprint density at radius 3 is 2.46 bits per heavy atom. The molecule has 1 aliphatic heterocycles. The lowest BCUT2D eigenvalue weighted by molar-refractivity contribution is -0.384. The van der Waals surface area contributed by atoms with Gasteiger partial charge in [0, 0.05) is 60.4 Å². The minimum Gasteiger partial charge on any atom is -0.346 e. The SMILES string of the molecule is O=C(Nc1cc(C2=CCC(NC3CCN(C(=O)c4ccc([N+](=O)[O-])cc4)CC3)CC2)c2cc[nH]c2n1)C1CC1. The first kappa shape index (κ1) is 25.2. The lowest BCUT2D eigenvalue weighted by Crippen LogP contribution is -2.48. The number of nitrogens with one attached hydrogen (secondary N) is 3. The molecule has 10 heteroatoms. The van der Waals surface area contributed by atoms with Crippen LogP contribution in [0, 0.1) is 16.0 Å². The number of pyridine rings is 1. The average molecular weight is 529 g/mol. The molecule has 6 rings (SSSR count). The lowest BCUT2D eigenvalue weighted by Gasteiger charge is -2.35. The van der Waals surface area contributed by atoms with E-state index in [2.05, 4.69) is 26.7 Å². The lowest BCUT2D eigenvalue weighted by atomic mass is 9.89. The first-order chi connectivity index (χ1) is 18.9. The topological polar surface area (TPSA) is 133 Å². The molecule has 2 amide bonds. The number of piperidine rings is 1. The molecule has 1 atom stereocenters. The van der Waals surface area contributed by atoms with E-state index in [9.17, 15) is 19.7 Å². The van der Waals surface area contributed by atoms with Gasteiger partial charge in [-0.3, -0.25) is 19.7 Å². The van der Waals surface area contributed by atoms with Crippen molar-refractivity contribution < 1.29 is 14.5 Å². The molecule has 2 aliphatic carbocycles. The van der Waals surface area contributed by atoms with Crippen LogP contribution in [0.15, 0.2) is 48.7 Å². The molecule has 1 unspecified atom stereocenters. The maximum absolute atomic E-state index is 12.8.